The van der Waals surface area contributed by atoms with Gasteiger partial charge in [0, 0.05) is 18.3 Å². The minimum Gasteiger partial charge on any atom is -0.324 e. The van der Waals surface area contributed by atoms with E-state index in [4.69, 9.17) is 11.6 Å². The van der Waals surface area contributed by atoms with Crippen molar-refractivity contribution in [3.63, 3.8) is 0 Å². The molecule has 172 valence electrons. The van der Waals surface area contributed by atoms with Gasteiger partial charge in [-0.3, -0.25) is 23.9 Å². The Bertz CT molecular complexity index is 1390. The molecule has 4 rings (SSSR count). The normalized spacial score (nSPS) is 13.1. The Kier molecular flexibility index (Phi) is 5.85. The maximum atomic E-state index is 13.5. The molecular formula is C21H20ClN5O5S. The number of carbonyl (C=O) groups is 1. The van der Waals surface area contributed by atoms with Crippen LogP contribution in [0.25, 0.3) is 0 Å². The number of halogens is 1. The molecule has 0 radical (unpaired) electrons. The van der Waals surface area contributed by atoms with Crippen molar-refractivity contribution >= 4 is 44.6 Å². The zero-order valence-corrected chi connectivity index (χ0v) is 19.4. The van der Waals surface area contributed by atoms with Crippen LogP contribution in [0.3, 0.4) is 0 Å². The molecule has 0 bridgehead atoms. The standard InChI is InChI=1S/C21H20ClN5O5S/c1-13-21(33(31,32)26-10-9-15-5-3-4-6-18(15)26)14(2)25(24-13)12-20(28)23-16-7-8-17(22)19(11-16)27(29)30/h3-8,11H,9-10,12H2,1-2H3,(H,23,28). The third-order valence-corrected chi connectivity index (χ3v) is 7.81. The summed E-state index contributed by atoms with van der Waals surface area (Å²) in [4.78, 5) is 23.0. The van der Waals surface area contributed by atoms with Crippen LogP contribution in [0, 0.1) is 24.0 Å². The molecule has 2 aromatic carbocycles. The van der Waals surface area contributed by atoms with Gasteiger partial charge < -0.3 is 5.32 Å². The van der Waals surface area contributed by atoms with E-state index in [-0.39, 0.29) is 33.5 Å². The summed E-state index contributed by atoms with van der Waals surface area (Å²) in [5.41, 5.74) is 2.08. The SMILES string of the molecule is Cc1nn(CC(=O)Nc2ccc(Cl)c([N+](=O)[O-])c2)c(C)c1S(=O)(=O)N1CCc2ccccc21. The molecule has 0 fully saturated rings. The second-order valence-electron chi connectivity index (χ2n) is 7.58. The first-order valence-electron chi connectivity index (χ1n) is 9.98. The van der Waals surface area contributed by atoms with E-state index in [1.807, 2.05) is 12.1 Å². The zero-order chi connectivity index (χ0) is 23.9. The minimum atomic E-state index is -3.88. The number of sulfonamides is 1. The van der Waals surface area contributed by atoms with Gasteiger partial charge >= 0.3 is 0 Å². The third-order valence-electron chi connectivity index (χ3n) is 5.43. The molecule has 10 nitrogen and oxygen atoms in total. The zero-order valence-electron chi connectivity index (χ0n) is 17.8. The van der Waals surface area contributed by atoms with Gasteiger partial charge in [0.1, 0.15) is 16.5 Å². The highest BCUT2D eigenvalue weighted by molar-refractivity contribution is 7.93. The number of aryl methyl sites for hydroxylation is 1. The molecule has 0 saturated heterocycles. The molecular weight excluding hydrogens is 470 g/mol. The summed E-state index contributed by atoms with van der Waals surface area (Å²) in [5.74, 6) is -0.521. The lowest BCUT2D eigenvalue weighted by atomic mass is 10.2. The van der Waals surface area contributed by atoms with Gasteiger partial charge in [-0.2, -0.15) is 5.10 Å². The molecule has 33 heavy (non-hydrogen) atoms. The van der Waals surface area contributed by atoms with E-state index in [0.717, 1.165) is 11.6 Å². The van der Waals surface area contributed by atoms with Crippen LogP contribution in [0.5, 0.6) is 0 Å². The molecule has 1 amide bonds. The number of carbonyl (C=O) groups excluding carboxylic acids is 1. The van der Waals surface area contributed by atoms with E-state index in [1.165, 1.54) is 21.1 Å². The number of nitrogens with one attached hydrogen (secondary N) is 1. The van der Waals surface area contributed by atoms with Crippen LogP contribution in [0.4, 0.5) is 17.1 Å². The summed E-state index contributed by atoms with van der Waals surface area (Å²) in [7, 11) is -3.88. The summed E-state index contributed by atoms with van der Waals surface area (Å²) in [6, 6.07) is 11.3. The van der Waals surface area contributed by atoms with E-state index in [1.54, 1.807) is 26.0 Å². The maximum absolute atomic E-state index is 13.5. The van der Waals surface area contributed by atoms with Gasteiger partial charge in [-0.05, 0) is 44.0 Å². The van der Waals surface area contributed by atoms with Crippen molar-refractivity contribution in [3.05, 3.63) is 74.6 Å². The molecule has 1 aliphatic rings. The van der Waals surface area contributed by atoms with Gasteiger partial charge in [-0.25, -0.2) is 8.42 Å². The van der Waals surface area contributed by atoms with E-state index >= 15 is 0 Å². The number of fused-ring (bicyclic) bond motifs is 1. The molecule has 0 unspecified atom stereocenters. The quantitative estimate of drug-likeness (QED) is 0.417. The fraction of sp³-hybridized carbons (Fsp3) is 0.238. The fourth-order valence-corrected chi connectivity index (χ4v) is 6.01. The predicted octanol–water partition coefficient (Wildman–Crippen LogP) is 3.45. The van der Waals surface area contributed by atoms with Crippen molar-refractivity contribution in [1.82, 2.24) is 9.78 Å². The van der Waals surface area contributed by atoms with Crippen molar-refractivity contribution in [3.8, 4) is 0 Å². The predicted molar refractivity (Wildman–Crippen MR) is 123 cm³/mol. The monoisotopic (exact) mass is 489 g/mol. The summed E-state index contributed by atoms with van der Waals surface area (Å²) < 4.78 is 29.6. The van der Waals surface area contributed by atoms with Crippen LogP contribution in [0.2, 0.25) is 5.02 Å². The molecule has 2 heterocycles. The van der Waals surface area contributed by atoms with E-state index < -0.39 is 20.9 Å². The third kappa shape index (κ3) is 4.16. The van der Waals surface area contributed by atoms with E-state index in [9.17, 15) is 23.3 Å². The van der Waals surface area contributed by atoms with Crippen molar-refractivity contribution in [2.45, 2.75) is 31.7 Å². The minimum absolute atomic E-state index is 0.0464. The molecule has 1 aromatic heterocycles. The molecule has 1 aliphatic heterocycles. The van der Waals surface area contributed by atoms with E-state index in [0.29, 0.717) is 24.3 Å². The van der Waals surface area contributed by atoms with Crippen molar-refractivity contribution < 1.29 is 18.1 Å². The number of nitrogens with zero attached hydrogens (tertiary/aromatic N) is 4. The van der Waals surface area contributed by atoms with Gasteiger partial charge in [0.2, 0.25) is 5.91 Å². The lowest BCUT2D eigenvalue weighted by Crippen LogP contribution is -2.30. The number of nitro groups is 1. The molecule has 0 saturated carbocycles. The van der Waals surface area contributed by atoms with Gasteiger partial charge in [-0.1, -0.05) is 29.8 Å². The highest BCUT2D eigenvalue weighted by Gasteiger charge is 2.35. The highest BCUT2D eigenvalue weighted by atomic mass is 35.5. The summed E-state index contributed by atoms with van der Waals surface area (Å²) >= 11 is 5.80. The van der Waals surface area contributed by atoms with Crippen molar-refractivity contribution in [1.29, 1.82) is 0 Å². The number of amides is 1. The maximum Gasteiger partial charge on any atom is 0.289 e. The van der Waals surface area contributed by atoms with Crippen LogP contribution in [-0.4, -0.2) is 35.6 Å². The lowest BCUT2D eigenvalue weighted by Gasteiger charge is -2.19. The number of para-hydroxylation sites is 1. The van der Waals surface area contributed by atoms with Gasteiger partial charge in [0.25, 0.3) is 15.7 Å². The van der Waals surface area contributed by atoms with Crippen LogP contribution in [-0.2, 0) is 27.8 Å². The summed E-state index contributed by atoms with van der Waals surface area (Å²) in [6.45, 7) is 3.24. The Morgan fingerprint density at radius 3 is 2.70 bits per heavy atom. The fourth-order valence-electron chi connectivity index (χ4n) is 3.94. The lowest BCUT2D eigenvalue weighted by molar-refractivity contribution is -0.384. The highest BCUT2D eigenvalue weighted by Crippen LogP contribution is 2.34. The van der Waals surface area contributed by atoms with Crippen LogP contribution < -0.4 is 9.62 Å². The molecule has 1 N–H and O–H groups in total. The molecule has 0 aliphatic carbocycles. The summed E-state index contributed by atoms with van der Waals surface area (Å²) in [6.07, 6.45) is 0.622. The number of hydrogen-bond acceptors (Lipinski definition) is 6. The van der Waals surface area contributed by atoms with Gasteiger partial charge in [-0.15, -0.1) is 0 Å². The number of anilines is 2. The number of benzene rings is 2. The summed E-state index contributed by atoms with van der Waals surface area (Å²) in [5, 5.41) is 17.8. The Labute approximate surface area is 195 Å². The van der Waals surface area contributed by atoms with Gasteiger partial charge in [0.05, 0.1) is 22.0 Å². The second-order valence-corrected chi connectivity index (χ2v) is 9.79. The Morgan fingerprint density at radius 1 is 1.24 bits per heavy atom. The number of hydrogen-bond donors (Lipinski definition) is 1. The first-order chi connectivity index (χ1) is 15.6. The van der Waals surface area contributed by atoms with Crippen molar-refractivity contribution in [2.24, 2.45) is 0 Å². The molecule has 12 heteroatoms. The molecule has 0 spiro atoms. The van der Waals surface area contributed by atoms with Crippen LogP contribution in [0.1, 0.15) is 17.0 Å². The Morgan fingerprint density at radius 2 is 1.97 bits per heavy atom. The first kappa shape index (κ1) is 22.7. The molecule has 3 aromatic rings. The number of aromatic nitrogens is 2. The topological polar surface area (TPSA) is 127 Å². The average molecular weight is 490 g/mol. The van der Waals surface area contributed by atoms with Gasteiger partial charge in [0.15, 0.2) is 0 Å². The Balaban J connectivity index is 1.58. The van der Waals surface area contributed by atoms with E-state index in [2.05, 4.69) is 10.4 Å². The van der Waals surface area contributed by atoms with Crippen LogP contribution >= 0.6 is 11.6 Å². The van der Waals surface area contributed by atoms with Crippen LogP contribution in [0.15, 0.2) is 47.4 Å². The number of nitro benzene ring substituents is 1. The average Bonchev–Trinajstić information content (AvgIpc) is 3.30. The first-order valence-corrected chi connectivity index (χ1v) is 11.8. The smallest absolute Gasteiger partial charge is 0.289 e. The largest absolute Gasteiger partial charge is 0.324 e. The Hall–Kier alpha value is -3.44. The number of rotatable bonds is 6. The molecule has 0 atom stereocenters. The second kappa shape index (κ2) is 8.49. The van der Waals surface area contributed by atoms with Crippen molar-refractivity contribution in [2.75, 3.05) is 16.2 Å².